The van der Waals surface area contributed by atoms with Crippen molar-refractivity contribution >= 4 is 18.1 Å². The molecule has 0 unspecified atom stereocenters. The van der Waals surface area contributed by atoms with E-state index in [1.54, 1.807) is 7.11 Å². The highest BCUT2D eigenvalue weighted by molar-refractivity contribution is 5.85. The number of hydrogen-bond acceptors (Lipinski definition) is 3. The number of nitrogens with two attached hydrogens (primary N) is 1. The maximum atomic E-state index is 5.90. The van der Waals surface area contributed by atoms with Crippen molar-refractivity contribution in [2.75, 3.05) is 12.8 Å². The van der Waals surface area contributed by atoms with Crippen molar-refractivity contribution in [1.29, 1.82) is 0 Å². The van der Waals surface area contributed by atoms with E-state index in [9.17, 15) is 0 Å². The zero-order valence-corrected chi connectivity index (χ0v) is 11.6. The van der Waals surface area contributed by atoms with Crippen LogP contribution in [-0.2, 0) is 6.54 Å². The first kappa shape index (κ1) is 14.4. The topological polar surface area (TPSA) is 53.1 Å². The van der Waals surface area contributed by atoms with Gasteiger partial charge in [0.1, 0.15) is 5.75 Å². The third kappa shape index (κ3) is 2.76. The molecule has 0 bridgehead atoms. The minimum atomic E-state index is 0. The molecule has 0 aliphatic heterocycles. The summed E-state index contributed by atoms with van der Waals surface area (Å²) in [5, 5.41) is 4.41. The van der Waals surface area contributed by atoms with Crippen LogP contribution in [0, 0.1) is 13.8 Å². The molecule has 0 saturated carbocycles. The molecule has 0 radical (unpaired) electrons. The van der Waals surface area contributed by atoms with Gasteiger partial charge in [0.05, 0.1) is 30.7 Å². The van der Waals surface area contributed by atoms with Gasteiger partial charge in [-0.05, 0) is 31.5 Å². The molecule has 0 aliphatic carbocycles. The van der Waals surface area contributed by atoms with Gasteiger partial charge in [0.15, 0.2) is 0 Å². The molecule has 0 amide bonds. The Kier molecular flexibility index (Phi) is 4.62. The summed E-state index contributed by atoms with van der Waals surface area (Å²) in [5.41, 5.74) is 9.71. The molecule has 1 aromatic carbocycles. The number of anilines is 1. The number of hydrogen-bond donors (Lipinski definition) is 1. The Hall–Kier alpha value is -1.68. The normalized spacial score (nSPS) is 9.94. The average Bonchev–Trinajstić information content (AvgIpc) is 2.57. The van der Waals surface area contributed by atoms with Crippen LogP contribution in [0.4, 0.5) is 5.69 Å². The summed E-state index contributed by atoms with van der Waals surface area (Å²) in [5.74, 6) is 0.858. The second-order valence-electron chi connectivity index (χ2n) is 4.09. The monoisotopic (exact) mass is 267 g/mol. The van der Waals surface area contributed by atoms with Crippen LogP contribution in [0.5, 0.6) is 5.75 Å². The zero-order chi connectivity index (χ0) is 12.4. The van der Waals surface area contributed by atoms with Crippen LogP contribution < -0.4 is 10.5 Å². The molecule has 18 heavy (non-hydrogen) atoms. The summed E-state index contributed by atoms with van der Waals surface area (Å²) in [6.45, 7) is 4.61. The van der Waals surface area contributed by atoms with E-state index in [-0.39, 0.29) is 12.4 Å². The van der Waals surface area contributed by atoms with Gasteiger partial charge in [-0.3, -0.25) is 4.68 Å². The van der Waals surface area contributed by atoms with Crippen LogP contribution in [0.15, 0.2) is 24.3 Å². The number of methoxy groups -OCH3 is 1. The highest BCUT2D eigenvalue weighted by Crippen LogP contribution is 2.18. The standard InChI is InChI=1S/C13H17N3O.ClH/c1-9-13(14)10(2)16(15-9)8-11-5-4-6-12(7-11)17-3;/h4-7H,8,14H2,1-3H3;1H. The van der Waals surface area contributed by atoms with Crippen LogP contribution in [0.3, 0.4) is 0 Å². The van der Waals surface area contributed by atoms with Gasteiger partial charge in [-0.2, -0.15) is 5.10 Å². The highest BCUT2D eigenvalue weighted by Gasteiger charge is 2.08. The summed E-state index contributed by atoms with van der Waals surface area (Å²) in [7, 11) is 1.67. The number of ether oxygens (including phenoxy) is 1. The van der Waals surface area contributed by atoms with Crippen molar-refractivity contribution in [3.63, 3.8) is 0 Å². The smallest absolute Gasteiger partial charge is 0.119 e. The van der Waals surface area contributed by atoms with E-state index in [4.69, 9.17) is 10.5 Å². The van der Waals surface area contributed by atoms with Crippen molar-refractivity contribution in [2.45, 2.75) is 20.4 Å². The van der Waals surface area contributed by atoms with Crippen molar-refractivity contribution < 1.29 is 4.74 Å². The van der Waals surface area contributed by atoms with Crippen molar-refractivity contribution in [3.8, 4) is 5.75 Å². The Labute approximate surface area is 113 Å². The largest absolute Gasteiger partial charge is 0.497 e. The molecule has 2 aromatic rings. The van der Waals surface area contributed by atoms with Gasteiger partial charge in [0, 0.05) is 0 Å². The molecule has 0 aliphatic rings. The molecule has 0 atom stereocenters. The van der Waals surface area contributed by atoms with E-state index in [0.717, 1.165) is 28.4 Å². The molecule has 98 valence electrons. The van der Waals surface area contributed by atoms with E-state index < -0.39 is 0 Å². The lowest BCUT2D eigenvalue weighted by atomic mass is 10.2. The second-order valence-corrected chi connectivity index (χ2v) is 4.09. The predicted molar refractivity (Wildman–Crippen MR) is 75.5 cm³/mol. The third-order valence-electron chi connectivity index (χ3n) is 2.90. The number of aromatic nitrogens is 2. The summed E-state index contributed by atoms with van der Waals surface area (Å²) < 4.78 is 7.11. The molecular weight excluding hydrogens is 250 g/mol. The van der Waals surface area contributed by atoms with Crippen molar-refractivity contribution in [1.82, 2.24) is 9.78 Å². The van der Waals surface area contributed by atoms with Crippen LogP contribution in [0.2, 0.25) is 0 Å². The minimum Gasteiger partial charge on any atom is -0.497 e. The first-order valence-electron chi connectivity index (χ1n) is 5.54. The lowest BCUT2D eigenvalue weighted by molar-refractivity contribution is 0.414. The van der Waals surface area contributed by atoms with Crippen LogP contribution in [-0.4, -0.2) is 16.9 Å². The molecule has 1 heterocycles. The van der Waals surface area contributed by atoms with Gasteiger partial charge in [0.2, 0.25) is 0 Å². The third-order valence-corrected chi connectivity index (χ3v) is 2.90. The molecule has 4 nitrogen and oxygen atoms in total. The van der Waals surface area contributed by atoms with Crippen LogP contribution >= 0.6 is 12.4 Å². The maximum Gasteiger partial charge on any atom is 0.119 e. The molecular formula is C13H18ClN3O. The van der Waals surface area contributed by atoms with Gasteiger partial charge < -0.3 is 10.5 Å². The lowest BCUT2D eigenvalue weighted by Crippen LogP contribution is -2.04. The zero-order valence-electron chi connectivity index (χ0n) is 10.8. The van der Waals surface area contributed by atoms with Gasteiger partial charge in [-0.25, -0.2) is 0 Å². The average molecular weight is 268 g/mol. The molecule has 5 heteroatoms. The number of benzene rings is 1. The fourth-order valence-electron chi connectivity index (χ4n) is 1.81. The highest BCUT2D eigenvalue weighted by atomic mass is 35.5. The van der Waals surface area contributed by atoms with E-state index >= 15 is 0 Å². The Bertz CT molecular complexity index is 537. The minimum absolute atomic E-state index is 0. The fraction of sp³-hybridized carbons (Fsp3) is 0.308. The van der Waals surface area contributed by atoms with Crippen LogP contribution in [0.25, 0.3) is 0 Å². The van der Waals surface area contributed by atoms with E-state index in [1.165, 1.54) is 0 Å². The van der Waals surface area contributed by atoms with E-state index in [0.29, 0.717) is 6.54 Å². The molecule has 1 aromatic heterocycles. The van der Waals surface area contributed by atoms with E-state index in [1.807, 2.05) is 36.7 Å². The summed E-state index contributed by atoms with van der Waals surface area (Å²) >= 11 is 0. The summed E-state index contributed by atoms with van der Waals surface area (Å²) in [6.07, 6.45) is 0. The van der Waals surface area contributed by atoms with Crippen molar-refractivity contribution in [3.05, 3.63) is 41.2 Å². The first-order chi connectivity index (χ1) is 8.11. The number of aryl methyl sites for hydroxylation is 1. The number of rotatable bonds is 3. The molecule has 2 rings (SSSR count). The number of nitrogens with zero attached hydrogens (tertiary/aromatic N) is 2. The number of halogens is 1. The Morgan fingerprint density at radius 2 is 2.06 bits per heavy atom. The van der Waals surface area contributed by atoms with Crippen LogP contribution in [0.1, 0.15) is 17.0 Å². The first-order valence-corrected chi connectivity index (χ1v) is 5.54. The Morgan fingerprint density at radius 3 is 2.61 bits per heavy atom. The van der Waals surface area contributed by atoms with Gasteiger partial charge >= 0.3 is 0 Å². The molecule has 0 saturated heterocycles. The molecule has 0 fully saturated rings. The molecule has 0 spiro atoms. The Balaban J connectivity index is 0.00000162. The van der Waals surface area contributed by atoms with Gasteiger partial charge in [-0.15, -0.1) is 12.4 Å². The number of nitrogen functional groups attached to an aromatic ring is 1. The quantitative estimate of drug-likeness (QED) is 0.930. The summed E-state index contributed by atoms with van der Waals surface area (Å²) in [6, 6.07) is 7.96. The SMILES string of the molecule is COc1cccc(Cn2nc(C)c(N)c2C)c1.Cl. The van der Waals surface area contributed by atoms with Crippen molar-refractivity contribution in [2.24, 2.45) is 0 Å². The van der Waals surface area contributed by atoms with Gasteiger partial charge in [0.25, 0.3) is 0 Å². The lowest BCUT2D eigenvalue weighted by Gasteiger charge is -2.06. The fourth-order valence-corrected chi connectivity index (χ4v) is 1.81. The van der Waals surface area contributed by atoms with Gasteiger partial charge in [-0.1, -0.05) is 12.1 Å². The molecule has 2 N–H and O–H groups in total. The maximum absolute atomic E-state index is 5.90. The van der Waals surface area contributed by atoms with E-state index in [2.05, 4.69) is 11.2 Å². The summed E-state index contributed by atoms with van der Waals surface area (Å²) in [4.78, 5) is 0. The Morgan fingerprint density at radius 1 is 1.33 bits per heavy atom. The predicted octanol–water partition coefficient (Wildman–Crippen LogP) is 2.56. The second kappa shape index (κ2) is 5.78.